The second-order valence-electron chi connectivity index (χ2n) is 6.07. The highest BCUT2D eigenvalue weighted by atomic mass is 127. The maximum atomic E-state index is 9.84. The summed E-state index contributed by atoms with van der Waals surface area (Å²) < 4.78 is 10.9. The molecule has 0 bridgehead atoms. The van der Waals surface area contributed by atoms with Crippen molar-refractivity contribution in [3.8, 4) is 17.2 Å². The van der Waals surface area contributed by atoms with Gasteiger partial charge in [0.25, 0.3) is 0 Å². The zero-order chi connectivity index (χ0) is 19.6. The van der Waals surface area contributed by atoms with E-state index in [1.807, 2.05) is 57.3 Å². The van der Waals surface area contributed by atoms with Crippen LogP contribution in [0.2, 0.25) is 0 Å². The number of guanidine groups is 1. The Morgan fingerprint density at radius 3 is 2.57 bits per heavy atom. The van der Waals surface area contributed by atoms with E-state index in [4.69, 9.17) is 14.5 Å². The summed E-state index contributed by atoms with van der Waals surface area (Å²) in [7, 11) is 3.68. The minimum absolute atomic E-state index is 0. The molecule has 0 aromatic heterocycles. The van der Waals surface area contributed by atoms with Gasteiger partial charge in [0, 0.05) is 25.7 Å². The molecule has 7 heteroatoms. The van der Waals surface area contributed by atoms with Gasteiger partial charge in [0.15, 0.2) is 17.5 Å². The van der Waals surface area contributed by atoms with Gasteiger partial charge in [-0.3, -0.25) is 0 Å². The number of nitrogens with zero attached hydrogens (tertiary/aromatic N) is 2. The molecule has 0 unspecified atom stereocenters. The highest BCUT2D eigenvalue weighted by molar-refractivity contribution is 14.0. The average molecular weight is 499 g/mol. The molecular weight excluding hydrogens is 469 g/mol. The molecule has 0 atom stereocenters. The van der Waals surface area contributed by atoms with Crippen LogP contribution in [0.3, 0.4) is 0 Å². The molecule has 0 radical (unpaired) electrons. The summed E-state index contributed by atoms with van der Waals surface area (Å²) in [5.41, 5.74) is 2.06. The first kappa shape index (κ1) is 23.9. The van der Waals surface area contributed by atoms with Crippen LogP contribution in [0.15, 0.2) is 47.5 Å². The molecule has 0 heterocycles. The van der Waals surface area contributed by atoms with Crippen LogP contribution >= 0.6 is 24.0 Å². The van der Waals surface area contributed by atoms with Crippen LogP contribution in [-0.2, 0) is 13.1 Å². The Morgan fingerprint density at radius 2 is 1.89 bits per heavy atom. The number of nitrogens with one attached hydrogen (secondary N) is 1. The van der Waals surface area contributed by atoms with Crippen molar-refractivity contribution in [2.45, 2.75) is 26.9 Å². The van der Waals surface area contributed by atoms with E-state index in [0.29, 0.717) is 25.4 Å². The van der Waals surface area contributed by atoms with Gasteiger partial charge in [0.05, 0.1) is 20.3 Å². The minimum atomic E-state index is 0. The molecule has 0 fully saturated rings. The molecule has 0 saturated heterocycles. The first-order valence-corrected chi connectivity index (χ1v) is 9.15. The summed E-state index contributed by atoms with van der Waals surface area (Å²) in [6, 6.07) is 13.3. The molecule has 0 spiro atoms. The standard InChI is InChI=1S/C21H29N3O3.HI/c1-5-22-21(24(3)15-17-9-7-8-10-19(17)26-4)23-14-16-11-12-18(25)20(13-16)27-6-2;/h7-13,25H,5-6,14-15H2,1-4H3,(H,22,23);1H. The van der Waals surface area contributed by atoms with Crippen molar-refractivity contribution in [1.82, 2.24) is 10.2 Å². The average Bonchev–Trinajstić information content (AvgIpc) is 2.68. The Morgan fingerprint density at radius 1 is 1.14 bits per heavy atom. The monoisotopic (exact) mass is 499 g/mol. The number of rotatable bonds is 8. The van der Waals surface area contributed by atoms with E-state index in [2.05, 4.69) is 10.2 Å². The SMILES string of the molecule is CCNC(=NCc1ccc(O)c(OCC)c1)N(C)Cc1ccccc1OC.I. The molecule has 2 aromatic rings. The zero-order valence-electron chi connectivity index (χ0n) is 16.9. The molecule has 0 aliphatic rings. The molecule has 28 heavy (non-hydrogen) atoms. The second-order valence-corrected chi connectivity index (χ2v) is 6.07. The van der Waals surface area contributed by atoms with E-state index in [1.54, 1.807) is 13.2 Å². The maximum Gasteiger partial charge on any atom is 0.194 e. The van der Waals surface area contributed by atoms with Gasteiger partial charge < -0.3 is 24.8 Å². The summed E-state index contributed by atoms with van der Waals surface area (Å²) >= 11 is 0. The van der Waals surface area contributed by atoms with Crippen molar-refractivity contribution in [3.05, 3.63) is 53.6 Å². The second kappa shape index (κ2) is 12.3. The summed E-state index contributed by atoms with van der Waals surface area (Å²) in [4.78, 5) is 6.78. The van der Waals surface area contributed by atoms with Crippen LogP contribution in [0.1, 0.15) is 25.0 Å². The predicted molar refractivity (Wildman–Crippen MR) is 124 cm³/mol. The van der Waals surface area contributed by atoms with E-state index in [0.717, 1.165) is 29.4 Å². The highest BCUT2D eigenvalue weighted by Gasteiger charge is 2.10. The number of methoxy groups -OCH3 is 1. The Labute approximate surface area is 184 Å². The van der Waals surface area contributed by atoms with Gasteiger partial charge in [-0.25, -0.2) is 4.99 Å². The van der Waals surface area contributed by atoms with Crippen molar-refractivity contribution >= 4 is 29.9 Å². The number of phenols is 1. The number of ether oxygens (including phenoxy) is 2. The van der Waals surface area contributed by atoms with Gasteiger partial charge in [-0.05, 0) is 37.6 Å². The van der Waals surface area contributed by atoms with Gasteiger partial charge in [-0.15, -0.1) is 24.0 Å². The number of hydrogen-bond donors (Lipinski definition) is 2. The highest BCUT2D eigenvalue weighted by Crippen LogP contribution is 2.27. The zero-order valence-corrected chi connectivity index (χ0v) is 19.3. The third-order valence-corrected chi connectivity index (χ3v) is 4.03. The van der Waals surface area contributed by atoms with E-state index >= 15 is 0 Å². The quantitative estimate of drug-likeness (QED) is 0.327. The van der Waals surface area contributed by atoms with Crippen LogP contribution in [0.4, 0.5) is 0 Å². The van der Waals surface area contributed by atoms with Crippen LogP contribution in [0, 0.1) is 0 Å². The Kier molecular flexibility index (Phi) is 10.5. The van der Waals surface area contributed by atoms with E-state index in [9.17, 15) is 5.11 Å². The number of aliphatic imine (C=N–C) groups is 1. The van der Waals surface area contributed by atoms with Crippen LogP contribution in [-0.4, -0.2) is 43.3 Å². The Balaban J connectivity index is 0.00000392. The lowest BCUT2D eigenvalue weighted by molar-refractivity contribution is 0.318. The fraction of sp³-hybridized carbons (Fsp3) is 0.381. The molecule has 0 aliphatic heterocycles. The van der Waals surface area contributed by atoms with Gasteiger partial charge in [0.1, 0.15) is 5.75 Å². The number of halogens is 1. The number of aromatic hydroxyl groups is 1. The Bertz CT molecular complexity index is 768. The molecule has 0 aliphatic carbocycles. The minimum Gasteiger partial charge on any atom is -0.504 e. The molecule has 2 rings (SSSR count). The molecule has 0 saturated carbocycles. The van der Waals surface area contributed by atoms with E-state index in [1.165, 1.54) is 0 Å². The smallest absolute Gasteiger partial charge is 0.194 e. The van der Waals surface area contributed by atoms with Crippen LogP contribution < -0.4 is 14.8 Å². The summed E-state index contributed by atoms with van der Waals surface area (Å²) in [6.45, 7) is 6.37. The van der Waals surface area contributed by atoms with Crippen molar-refractivity contribution in [1.29, 1.82) is 0 Å². The van der Waals surface area contributed by atoms with Gasteiger partial charge in [-0.2, -0.15) is 0 Å². The molecule has 2 aromatic carbocycles. The number of para-hydroxylation sites is 1. The topological polar surface area (TPSA) is 66.3 Å². The van der Waals surface area contributed by atoms with Crippen molar-refractivity contribution < 1.29 is 14.6 Å². The largest absolute Gasteiger partial charge is 0.504 e. The van der Waals surface area contributed by atoms with E-state index < -0.39 is 0 Å². The molecule has 6 nitrogen and oxygen atoms in total. The Hall–Kier alpha value is -2.16. The predicted octanol–water partition coefficient (Wildman–Crippen LogP) is 4.02. The molecule has 154 valence electrons. The number of benzene rings is 2. The van der Waals surface area contributed by atoms with Gasteiger partial charge in [0.2, 0.25) is 0 Å². The summed E-state index contributed by atoms with van der Waals surface area (Å²) in [6.07, 6.45) is 0. The fourth-order valence-electron chi connectivity index (χ4n) is 2.73. The van der Waals surface area contributed by atoms with Crippen LogP contribution in [0.25, 0.3) is 0 Å². The first-order chi connectivity index (χ1) is 13.1. The maximum absolute atomic E-state index is 9.84. The van der Waals surface area contributed by atoms with Crippen LogP contribution in [0.5, 0.6) is 17.2 Å². The molecule has 2 N–H and O–H groups in total. The number of hydrogen-bond acceptors (Lipinski definition) is 4. The first-order valence-electron chi connectivity index (χ1n) is 9.15. The van der Waals surface area contributed by atoms with Crippen molar-refractivity contribution in [2.75, 3.05) is 27.3 Å². The fourth-order valence-corrected chi connectivity index (χ4v) is 2.73. The summed E-state index contributed by atoms with van der Waals surface area (Å²) in [5.74, 6) is 2.29. The van der Waals surface area contributed by atoms with Crippen molar-refractivity contribution in [3.63, 3.8) is 0 Å². The van der Waals surface area contributed by atoms with Gasteiger partial charge >= 0.3 is 0 Å². The normalized spacial score (nSPS) is 10.8. The molecular formula is C21H30IN3O3. The lowest BCUT2D eigenvalue weighted by Crippen LogP contribution is -2.38. The van der Waals surface area contributed by atoms with Crippen molar-refractivity contribution in [2.24, 2.45) is 4.99 Å². The third kappa shape index (κ3) is 6.78. The van der Waals surface area contributed by atoms with Gasteiger partial charge in [-0.1, -0.05) is 24.3 Å². The molecule has 0 amide bonds. The lowest BCUT2D eigenvalue weighted by Gasteiger charge is -2.23. The van der Waals surface area contributed by atoms with E-state index in [-0.39, 0.29) is 29.7 Å². The lowest BCUT2D eigenvalue weighted by atomic mass is 10.2. The third-order valence-electron chi connectivity index (χ3n) is 4.03. The summed E-state index contributed by atoms with van der Waals surface area (Å²) in [5, 5.41) is 13.2. The number of phenolic OH excluding ortho intramolecular Hbond substituents is 1.